The number of fused-ring (bicyclic) bond motifs is 1. The van der Waals surface area contributed by atoms with Gasteiger partial charge in [0.2, 0.25) is 5.91 Å². The Morgan fingerprint density at radius 2 is 2.00 bits per heavy atom. The summed E-state index contributed by atoms with van der Waals surface area (Å²) < 4.78 is 15.1. The van der Waals surface area contributed by atoms with Crippen LogP contribution in [0.1, 0.15) is 17.7 Å². The van der Waals surface area contributed by atoms with Crippen LogP contribution in [0.5, 0.6) is 0 Å². The first kappa shape index (κ1) is 16.9. The molecule has 4 rings (SSSR count). The molecule has 1 aromatic carbocycles. The van der Waals surface area contributed by atoms with Crippen LogP contribution < -0.4 is 5.32 Å². The first-order chi connectivity index (χ1) is 12.7. The van der Waals surface area contributed by atoms with E-state index < -0.39 is 0 Å². The van der Waals surface area contributed by atoms with E-state index in [9.17, 15) is 9.18 Å². The average molecular weight is 385 g/mol. The lowest BCUT2D eigenvalue weighted by molar-refractivity contribution is -0.116. The van der Waals surface area contributed by atoms with Crippen molar-refractivity contribution in [1.82, 2.24) is 9.38 Å². The van der Waals surface area contributed by atoms with Gasteiger partial charge in [0, 0.05) is 28.4 Å². The molecule has 0 aliphatic rings. The zero-order chi connectivity index (χ0) is 17.9. The third kappa shape index (κ3) is 3.54. The first-order valence-corrected chi connectivity index (χ1v) is 10.0. The zero-order valence-corrected chi connectivity index (χ0v) is 15.4. The Balaban J connectivity index is 1.53. The third-order valence-electron chi connectivity index (χ3n) is 4.04. The number of halogens is 1. The number of imidazole rings is 1. The summed E-state index contributed by atoms with van der Waals surface area (Å²) >= 11 is 3.20. The second-order valence-corrected chi connectivity index (χ2v) is 7.76. The standard InChI is InChI=1S/C19H16FN3OS2/c20-14-8-6-13(7-9-14)17-18(23-10-12-26-19(23)22-17)21-16(24)5-1-3-15-4-2-11-25-15/h2,4,6-12H,1,3,5H2,(H,21,24). The van der Waals surface area contributed by atoms with Gasteiger partial charge in [-0.15, -0.1) is 22.7 Å². The van der Waals surface area contributed by atoms with Gasteiger partial charge in [0.1, 0.15) is 17.3 Å². The summed E-state index contributed by atoms with van der Waals surface area (Å²) in [6.07, 6.45) is 4.01. The van der Waals surface area contributed by atoms with Crippen molar-refractivity contribution < 1.29 is 9.18 Å². The summed E-state index contributed by atoms with van der Waals surface area (Å²) in [5.74, 6) is 0.292. The molecule has 0 saturated heterocycles. The van der Waals surface area contributed by atoms with Crippen LogP contribution in [0.2, 0.25) is 0 Å². The van der Waals surface area contributed by atoms with Gasteiger partial charge in [-0.2, -0.15) is 0 Å². The van der Waals surface area contributed by atoms with E-state index in [-0.39, 0.29) is 11.7 Å². The smallest absolute Gasteiger partial charge is 0.225 e. The highest BCUT2D eigenvalue weighted by Crippen LogP contribution is 2.31. The molecule has 1 N–H and O–H groups in total. The van der Waals surface area contributed by atoms with Gasteiger partial charge in [0.15, 0.2) is 4.96 Å². The van der Waals surface area contributed by atoms with Gasteiger partial charge < -0.3 is 5.32 Å². The van der Waals surface area contributed by atoms with Gasteiger partial charge in [-0.25, -0.2) is 9.37 Å². The molecule has 4 aromatic rings. The van der Waals surface area contributed by atoms with Crippen LogP contribution in [-0.2, 0) is 11.2 Å². The predicted octanol–water partition coefficient (Wildman–Crippen LogP) is 5.22. The van der Waals surface area contributed by atoms with Crippen molar-refractivity contribution >= 4 is 39.4 Å². The van der Waals surface area contributed by atoms with Crippen molar-refractivity contribution in [1.29, 1.82) is 0 Å². The minimum atomic E-state index is -0.297. The number of hydrogen-bond acceptors (Lipinski definition) is 4. The number of thiophene rings is 1. The van der Waals surface area contributed by atoms with E-state index >= 15 is 0 Å². The number of aryl methyl sites for hydroxylation is 1. The normalized spacial score (nSPS) is 11.1. The maximum atomic E-state index is 13.2. The fraction of sp³-hybridized carbons (Fsp3) is 0.158. The van der Waals surface area contributed by atoms with Crippen molar-refractivity contribution in [2.24, 2.45) is 0 Å². The van der Waals surface area contributed by atoms with Crippen LogP contribution in [-0.4, -0.2) is 15.3 Å². The van der Waals surface area contributed by atoms with E-state index in [2.05, 4.69) is 16.4 Å². The molecule has 0 unspecified atom stereocenters. The molecule has 0 spiro atoms. The Morgan fingerprint density at radius 3 is 2.77 bits per heavy atom. The van der Waals surface area contributed by atoms with Crippen LogP contribution >= 0.6 is 22.7 Å². The van der Waals surface area contributed by atoms with Crippen LogP contribution in [0.4, 0.5) is 10.2 Å². The monoisotopic (exact) mass is 385 g/mol. The molecular formula is C19H16FN3OS2. The van der Waals surface area contributed by atoms with Crippen molar-refractivity contribution in [2.45, 2.75) is 19.3 Å². The van der Waals surface area contributed by atoms with Gasteiger partial charge in [0.25, 0.3) is 0 Å². The van der Waals surface area contributed by atoms with E-state index in [1.807, 2.05) is 27.4 Å². The fourth-order valence-corrected chi connectivity index (χ4v) is 4.25. The molecule has 0 atom stereocenters. The molecule has 3 aromatic heterocycles. The molecule has 132 valence electrons. The van der Waals surface area contributed by atoms with E-state index in [0.717, 1.165) is 23.4 Å². The molecule has 0 bridgehead atoms. The Hall–Kier alpha value is -2.51. The number of carbonyl (C=O) groups is 1. The van der Waals surface area contributed by atoms with Gasteiger partial charge in [-0.05, 0) is 48.6 Å². The van der Waals surface area contributed by atoms with E-state index in [1.54, 1.807) is 23.5 Å². The predicted molar refractivity (Wildman–Crippen MR) is 104 cm³/mol. The highest BCUT2D eigenvalue weighted by Gasteiger charge is 2.17. The van der Waals surface area contributed by atoms with Crippen LogP contribution in [0.25, 0.3) is 16.2 Å². The summed E-state index contributed by atoms with van der Waals surface area (Å²) in [5, 5.41) is 6.96. The number of rotatable bonds is 6. The number of thiazole rings is 1. The zero-order valence-electron chi connectivity index (χ0n) is 13.8. The Kier molecular flexibility index (Phi) is 4.81. The second kappa shape index (κ2) is 7.39. The summed E-state index contributed by atoms with van der Waals surface area (Å²) in [7, 11) is 0. The molecule has 0 aliphatic carbocycles. The molecule has 3 heterocycles. The quantitative estimate of drug-likeness (QED) is 0.494. The van der Waals surface area contributed by atoms with Crippen molar-refractivity contribution in [2.75, 3.05) is 5.32 Å². The number of amides is 1. The lowest BCUT2D eigenvalue weighted by Gasteiger charge is -2.07. The maximum absolute atomic E-state index is 13.2. The largest absolute Gasteiger partial charge is 0.310 e. The number of aromatic nitrogens is 2. The van der Waals surface area contributed by atoms with Gasteiger partial charge >= 0.3 is 0 Å². The minimum absolute atomic E-state index is 0.0436. The molecule has 4 nitrogen and oxygen atoms in total. The van der Waals surface area contributed by atoms with E-state index in [4.69, 9.17) is 0 Å². The number of nitrogens with zero attached hydrogens (tertiary/aromatic N) is 2. The Bertz CT molecular complexity index is 1020. The summed E-state index contributed by atoms with van der Waals surface area (Å²) in [6.45, 7) is 0. The highest BCUT2D eigenvalue weighted by molar-refractivity contribution is 7.15. The van der Waals surface area contributed by atoms with E-state index in [0.29, 0.717) is 17.9 Å². The maximum Gasteiger partial charge on any atom is 0.225 e. The van der Waals surface area contributed by atoms with Crippen molar-refractivity contribution in [3.8, 4) is 11.3 Å². The molecular weight excluding hydrogens is 369 g/mol. The minimum Gasteiger partial charge on any atom is -0.310 e. The highest BCUT2D eigenvalue weighted by atomic mass is 32.1. The van der Waals surface area contributed by atoms with Gasteiger partial charge in [0.05, 0.1) is 0 Å². The number of anilines is 1. The van der Waals surface area contributed by atoms with Crippen LogP contribution in [0, 0.1) is 5.82 Å². The molecule has 0 fully saturated rings. The fourth-order valence-electron chi connectivity index (χ4n) is 2.79. The third-order valence-corrected chi connectivity index (χ3v) is 5.74. The lowest BCUT2D eigenvalue weighted by Crippen LogP contribution is -2.13. The molecule has 26 heavy (non-hydrogen) atoms. The van der Waals surface area contributed by atoms with Crippen LogP contribution in [0.3, 0.4) is 0 Å². The Morgan fingerprint density at radius 1 is 1.15 bits per heavy atom. The number of carbonyl (C=O) groups excluding carboxylic acids is 1. The summed E-state index contributed by atoms with van der Waals surface area (Å²) in [6, 6.07) is 10.3. The Labute approximate surface area is 158 Å². The number of benzene rings is 1. The molecule has 0 aliphatic heterocycles. The van der Waals surface area contributed by atoms with Crippen molar-refractivity contribution in [3.05, 3.63) is 64.0 Å². The topological polar surface area (TPSA) is 46.4 Å². The lowest BCUT2D eigenvalue weighted by atomic mass is 10.1. The SMILES string of the molecule is O=C(CCCc1cccs1)Nc1c(-c2ccc(F)cc2)nc2sccn12. The number of nitrogens with one attached hydrogen (secondary N) is 1. The molecule has 1 amide bonds. The van der Waals surface area contributed by atoms with Crippen LogP contribution in [0.15, 0.2) is 53.4 Å². The van der Waals surface area contributed by atoms with Gasteiger partial charge in [-0.1, -0.05) is 6.07 Å². The molecule has 0 saturated carbocycles. The number of hydrogen-bond donors (Lipinski definition) is 1. The van der Waals surface area contributed by atoms with Crippen molar-refractivity contribution in [3.63, 3.8) is 0 Å². The van der Waals surface area contributed by atoms with E-state index in [1.165, 1.54) is 28.3 Å². The summed E-state index contributed by atoms with van der Waals surface area (Å²) in [5.41, 5.74) is 1.43. The average Bonchev–Trinajstić information content (AvgIpc) is 3.35. The molecule has 7 heteroatoms. The molecule has 0 radical (unpaired) electrons. The summed E-state index contributed by atoms with van der Waals surface area (Å²) in [4.78, 5) is 19.1. The second-order valence-electron chi connectivity index (χ2n) is 5.85. The van der Waals surface area contributed by atoms with Gasteiger partial charge in [-0.3, -0.25) is 9.20 Å². The first-order valence-electron chi connectivity index (χ1n) is 8.24.